The summed E-state index contributed by atoms with van der Waals surface area (Å²) in [5.74, 6) is 1.59. The molecule has 0 N–H and O–H groups in total. The van der Waals surface area contributed by atoms with Gasteiger partial charge in [-0.1, -0.05) is 35.5 Å². The molecule has 0 aliphatic heterocycles. The number of halogens is 1. The van der Waals surface area contributed by atoms with Crippen LogP contribution in [0.4, 0.5) is 5.69 Å². The van der Waals surface area contributed by atoms with Crippen LogP contribution in [0, 0.1) is 10.1 Å². The second-order valence-corrected chi connectivity index (χ2v) is 6.26. The quantitative estimate of drug-likeness (QED) is 0.353. The fraction of sp³-hybridized carbons (Fsp3) is 0.214. The second kappa shape index (κ2) is 7.53. The fourth-order valence-corrected chi connectivity index (χ4v) is 2.92. The van der Waals surface area contributed by atoms with Gasteiger partial charge >= 0.3 is 5.69 Å². The molecule has 1 aromatic carbocycles. The zero-order valence-corrected chi connectivity index (χ0v) is 14.6. The summed E-state index contributed by atoms with van der Waals surface area (Å²) < 4.78 is 8.91. The first-order chi connectivity index (χ1) is 12.0. The summed E-state index contributed by atoms with van der Waals surface area (Å²) in [6.45, 7) is 0.223. The Labute approximate surface area is 151 Å². The third kappa shape index (κ3) is 4.09. The van der Waals surface area contributed by atoms with E-state index in [0.717, 1.165) is 0 Å². The maximum absolute atomic E-state index is 10.7. The predicted octanol–water partition coefficient (Wildman–Crippen LogP) is 2.90. The Bertz CT molecular complexity index is 896. The molecule has 0 atom stereocenters. The molecular formula is C14H13ClN6O3S. The molecule has 0 aliphatic rings. The molecule has 0 saturated heterocycles. The first-order valence-corrected chi connectivity index (χ1v) is 8.46. The van der Waals surface area contributed by atoms with Crippen LogP contribution in [0.5, 0.6) is 5.75 Å². The molecule has 0 aliphatic carbocycles. The molecule has 11 heteroatoms. The van der Waals surface area contributed by atoms with E-state index in [2.05, 4.69) is 15.3 Å². The molecule has 0 bridgehead atoms. The SMILES string of the molecule is Cn1c(COc2ccccc2Cl)nnc1SCn1cc([N+](=O)[O-])cn1. The lowest BCUT2D eigenvalue weighted by molar-refractivity contribution is -0.385. The summed E-state index contributed by atoms with van der Waals surface area (Å²) in [5.41, 5.74) is -0.0487. The van der Waals surface area contributed by atoms with Gasteiger partial charge in [0.1, 0.15) is 24.8 Å². The molecule has 130 valence electrons. The molecule has 0 radical (unpaired) electrons. The summed E-state index contributed by atoms with van der Waals surface area (Å²) in [7, 11) is 1.82. The van der Waals surface area contributed by atoms with Crippen molar-refractivity contribution in [3.05, 3.63) is 57.6 Å². The Hall–Kier alpha value is -2.59. The third-order valence-corrected chi connectivity index (χ3v) is 4.59. The van der Waals surface area contributed by atoms with E-state index in [-0.39, 0.29) is 12.3 Å². The van der Waals surface area contributed by atoms with Crippen molar-refractivity contribution in [1.82, 2.24) is 24.5 Å². The smallest absolute Gasteiger partial charge is 0.307 e. The van der Waals surface area contributed by atoms with Crippen molar-refractivity contribution in [3.8, 4) is 5.75 Å². The van der Waals surface area contributed by atoms with Gasteiger partial charge in [-0.2, -0.15) is 5.10 Å². The topological polar surface area (TPSA) is 101 Å². The van der Waals surface area contributed by atoms with Crippen LogP contribution in [0.15, 0.2) is 41.8 Å². The van der Waals surface area contributed by atoms with Crippen molar-refractivity contribution in [2.75, 3.05) is 0 Å². The Balaban J connectivity index is 1.60. The molecule has 0 spiro atoms. The summed E-state index contributed by atoms with van der Waals surface area (Å²) >= 11 is 7.40. The highest BCUT2D eigenvalue weighted by Gasteiger charge is 2.13. The van der Waals surface area contributed by atoms with Crippen molar-refractivity contribution in [1.29, 1.82) is 0 Å². The van der Waals surface area contributed by atoms with Gasteiger partial charge in [-0.15, -0.1) is 10.2 Å². The van der Waals surface area contributed by atoms with Gasteiger partial charge in [0, 0.05) is 7.05 Å². The van der Waals surface area contributed by atoms with Gasteiger partial charge < -0.3 is 9.30 Å². The van der Waals surface area contributed by atoms with Gasteiger partial charge in [-0.25, -0.2) is 0 Å². The maximum atomic E-state index is 10.7. The molecule has 2 heterocycles. The van der Waals surface area contributed by atoms with Crippen molar-refractivity contribution >= 4 is 29.1 Å². The summed E-state index contributed by atoms with van der Waals surface area (Å²) in [6, 6.07) is 7.19. The summed E-state index contributed by atoms with van der Waals surface area (Å²) in [5, 5.41) is 24.0. The van der Waals surface area contributed by atoms with Crippen LogP contribution >= 0.6 is 23.4 Å². The zero-order chi connectivity index (χ0) is 17.8. The van der Waals surface area contributed by atoms with Crippen molar-refractivity contribution in [3.63, 3.8) is 0 Å². The van der Waals surface area contributed by atoms with Crippen molar-refractivity contribution < 1.29 is 9.66 Å². The number of nitrogens with zero attached hydrogens (tertiary/aromatic N) is 6. The number of ether oxygens (including phenoxy) is 1. The molecule has 3 aromatic rings. The number of hydrogen-bond acceptors (Lipinski definition) is 7. The highest BCUT2D eigenvalue weighted by Crippen LogP contribution is 2.24. The highest BCUT2D eigenvalue weighted by molar-refractivity contribution is 7.98. The number of rotatable bonds is 7. The summed E-state index contributed by atoms with van der Waals surface area (Å²) in [6.07, 6.45) is 2.57. The number of benzene rings is 1. The Morgan fingerprint density at radius 3 is 2.88 bits per heavy atom. The van der Waals surface area contributed by atoms with Crippen LogP contribution < -0.4 is 4.74 Å². The van der Waals surface area contributed by atoms with E-state index >= 15 is 0 Å². The van der Waals surface area contributed by atoms with Gasteiger partial charge in [-0.05, 0) is 12.1 Å². The molecule has 2 aromatic heterocycles. The maximum Gasteiger partial charge on any atom is 0.307 e. The first-order valence-electron chi connectivity index (χ1n) is 7.10. The number of aromatic nitrogens is 5. The monoisotopic (exact) mass is 380 g/mol. The average molecular weight is 381 g/mol. The van der Waals surface area contributed by atoms with Crippen molar-refractivity contribution in [2.45, 2.75) is 17.6 Å². The normalized spacial score (nSPS) is 10.8. The predicted molar refractivity (Wildman–Crippen MR) is 91.5 cm³/mol. The van der Waals surface area contributed by atoms with Crippen LogP contribution in [0.2, 0.25) is 5.02 Å². The molecule has 3 rings (SSSR count). The molecule has 9 nitrogen and oxygen atoms in total. The van der Waals surface area contributed by atoms with Crippen LogP contribution in [-0.2, 0) is 19.5 Å². The fourth-order valence-electron chi connectivity index (χ4n) is 1.94. The van der Waals surface area contributed by atoms with Gasteiger partial charge in [0.25, 0.3) is 0 Å². The van der Waals surface area contributed by atoms with E-state index in [9.17, 15) is 10.1 Å². The lowest BCUT2D eigenvalue weighted by Crippen LogP contribution is -2.05. The van der Waals surface area contributed by atoms with E-state index in [1.165, 1.54) is 28.8 Å². The third-order valence-electron chi connectivity index (χ3n) is 3.27. The number of para-hydroxylation sites is 1. The molecule has 25 heavy (non-hydrogen) atoms. The lowest BCUT2D eigenvalue weighted by atomic mass is 10.3. The average Bonchev–Trinajstić information content (AvgIpc) is 3.20. The van der Waals surface area contributed by atoms with Crippen molar-refractivity contribution in [2.24, 2.45) is 7.05 Å². The number of hydrogen-bond donors (Lipinski definition) is 0. The molecule has 0 unspecified atom stereocenters. The molecule has 0 saturated carbocycles. The van der Waals surface area contributed by atoms with Gasteiger partial charge in [0.15, 0.2) is 11.0 Å². The molecule has 0 fully saturated rings. The van der Waals surface area contributed by atoms with Crippen LogP contribution in [0.25, 0.3) is 0 Å². The Kier molecular flexibility index (Phi) is 5.19. The lowest BCUT2D eigenvalue weighted by Gasteiger charge is -2.07. The van der Waals surface area contributed by atoms with E-state index in [1.807, 2.05) is 19.2 Å². The number of thioether (sulfide) groups is 1. The largest absolute Gasteiger partial charge is 0.484 e. The van der Waals surface area contributed by atoms with Gasteiger partial charge in [0.05, 0.1) is 15.8 Å². The summed E-state index contributed by atoms with van der Waals surface area (Å²) in [4.78, 5) is 10.2. The van der Waals surface area contributed by atoms with Crippen LogP contribution in [0.3, 0.4) is 0 Å². The Morgan fingerprint density at radius 2 is 2.16 bits per heavy atom. The van der Waals surface area contributed by atoms with Gasteiger partial charge in [-0.3, -0.25) is 14.8 Å². The zero-order valence-electron chi connectivity index (χ0n) is 13.1. The minimum Gasteiger partial charge on any atom is -0.484 e. The highest BCUT2D eigenvalue weighted by atomic mass is 35.5. The standard InChI is InChI=1S/C14H13ClN6O3S/c1-19-13(8-24-12-5-3-2-4-11(12)15)17-18-14(19)25-9-20-7-10(6-16-20)21(22)23/h2-7H,8-9H2,1H3. The second-order valence-electron chi connectivity index (χ2n) is 4.95. The first kappa shape index (κ1) is 17.2. The van der Waals surface area contributed by atoms with E-state index in [4.69, 9.17) is 16.3 Å². The van der Waals surface area contributed by atoms with Crippen LogP contribution in [-0.4, -0.2) is 29.5 Å². The molecule has 0 amide bonds. The van der Waals surface area contributed by atoms with E-state index in [1.54, 1.807) is 16.7 Å². The minimum absolute atomic E-state index is 0.0487. The molecular weight excluding hydrogens is 368 g/mol. The minimum atomic E-state index is -0.485. The van der Waals surface area contributed by atoms with Gasteiger partial charge in [0.2, 0.25) is 0 Å². The van der Waals surface area contributed by atoms with E-state index in [0.29, 0.717) is 27.6 Å². The number of nitro groups is 1. The van der Waals surface area contributed by atoms with E-state index < -0.39 is 4.92 Å². The van der Waals surface area contributed by atoms with Crippen LogP contribution in [0.1, 0.15) is 5.82 Å². The Morgan fingerprint density at radius 1 is 1.36 bits per heavy atom.